The molecule has 0 bridgehead atoms. The summed E-state index contributed by atoms with van der Waals surface area (Å²) in [5.41, 5.74) is 6.47. The van der Waals surface area contributed by atoms with Gasteiger partial charge in [0.25, 0.3) is 0 Å². The molecule has 0 heterocycles. The molecular formula is C14H18N2O2S2. The SMILES string of the molecule is CSC(C)CNS(=O)(=O)c1ccc(N)c2ccccc12. The van der Waals surface area contributed by atoms with Gasteiger partial charge < -0.3 is 5.73 Å². The number of nitrogens with one attached hydrogen (secondary N) is 1. The van der Waals surface area contributed by atoms with Gasteiger partial charge in [0.2, 0.25) is 10.0 Å². The summed E-state index contributed by atoms with van der Waals surface area (Å²) in [4.78, 5) is 0.274. The van der Waals surface area contributed by atoms with Crippen molar-refractivity contribution in [1.29, 1.82) is 0 Å². The number of rotatable bonds is 5. The molecule has 2 rings (SSSR count). The number of sulfonamides is 1. The lowest BCUT2D eigenvalue weighted by molar-refractivity contribution is 0.582. The van der Waals surface area contributed by atoms with Crippen molar-refractivity contribution in [3.8, 4) is 0 Å². The highest BCUT2D eigenvalue weighted by molar-refractivity contribution is 7.99. The molecule has 0 amide bonds. The maximum atomic E-state index is 12.4. The lowest BCUT2D eigenvalue weighted by atomic mass is 10.1. The number of fused-ring (bicyclic) bond motifs is 1. The molecule has 0 spiro atoms. The Morgan fingerprint density at radius 2 is 1.85 bits per heavy atom. The van der Waals surface area contributed by atoms with Crippen LogP contribution in [0.4, 0.5) is 5.69 Å². The van der Waals surface area contributed by atoms with Crippen LogP contribution >= 0.6 is 11.8 Å². The van der Waals surface area contributed by atoms with E-state index in [2.05, 4.69) is 4.72 Å². The van der Waals surface area contributed by atoms with Crippen molar-refractivity contribution in [2.24, 2.45) is 0 Å². The number of nitrogens with two attached hydrogens (primary N) is 1. The third-order valence-electron chi connectivity index (χ3n) is 3.17. The van der Waals surface area contributed by atoms with E-state index < -0.39 is 10.0 Å². The van der Waals surface area contributed by atoms with Gasteiger partial charge in [-0.3, -0.25) is 0 Å². The smallest absolute Gasteiger partial charge is 0.241 e. The first-order chi connectivity index (χ1) is 9.45. The van der Waals surface area contributed by atoms with Gasteiger partial charge in [-0.25, -0.2) is 13.1 Å². The van der Waals surface area contributed by atoms with E-state index in [0.29, 0.717) is 17.6 Å². The molecule has 0 aliphatic rings. The van der Waals surface area contributed by atoms with Gasteiger partial charge in [-0.05, 0) is 18.4 Å². The average Bonchev–Trinajstić information content (AvgIpc) is 2.45. The minimum Gasteiger partial charge on any atom is -0.398 e. The Morgan fingerprint density at radius 3 is 2.50 bits per heavy atom. The molecule has 4 nitrogen and oxygen atoms in total. The maximum Gasteiger partial charge on any atom is 0.241 e. The van der Waals surface area contributed by atoms with Crippen LogP contribution in [0.25, 0.3) is 10.8 Å². The number of hydrogen-bond acceptors (Lipinski definition) is 4. The van der Waals surface area contributed by atoms with Crippen LogP contribution in [-0.2, 0) is 10.0 Å². The molecule has 1 unspecified atom stereocenters. The highest BCUT2D eigenvalue weighted by atomic mass is 32.2. The first-order valence-electron chi connectivity index (χ1n) is 6.25. The van der Waals surface area contributed by atoms with Gasteiger partial charge in [0.1, 0.15) is 0 Å². The van der Waals surface area contributed by atoms with Gasteiger partial charge in [0.15, 0.2) is 0 Å². The monoisotopic (exact) mass is 310 g/mol. The normalized spacial score (nSPS) is 13.5. The Morgan fingerprint density at radius 1 is 1.20 bits per heavy atom. The Kier molecular flexibility index (Phi) is 4.57. The largest absolute Gasteiger partial charge is 0.398 e. The predicted molar refractivity (Wildman–Crippen MR) is 86.5 cm³/mol. The molecule has 0 aliphatic heterocycles. The first-order valence-corrected chi connectivity index (χ1v) is 9.02. The molecule has 0 saturated heterocycles. The molecule has 1 atom stereocenters. The van der Waals surface area contributed by atoms with E-state index in [1.807, 2.05) is 31.4 Å². The van der Waals surface area contributed by atoms with Crippen LogP contribution in [0.2, 0.25) is 0 Å². The standard InChI is InChI=1S/C14H18N2O2S2/c1-10(19-2)9-16-20(17,18)14-8-7-13(15)11-5-3-4-6-12(11)14/h3-8,10,16H,9,15H2,1-2H3. The quantitative estimate of drug-likeness (QED) is 0.832. The Labute approximate surface area is 123 Å². The summed E-state index contributed by atoms with van der Waals surface area (Å²) in [6.07, 6.45) is 1.96. The zero-order valence-corrected chi connectivity index (χ0v) is 13.1. The van der Waals surface area contributed by atoms with Gasteiger partial charge in [-0.15, -0.1) is 0 Å². The third kappa shape index (κ3) is 3.08. The number of hydrogen-bond donors (Lipinski definition) is 2. The van der Waals surface area contributed by atoms with Crippen molar-refractivity contribution in [2.45, 2.75) is 17.1 Å². The van der Waals surface area contributed by atoms with Crippen molar-refractivity contribution in [3.05, 3.63) is 36.4 Å². The van der Waals surface area contributed by atoms with Gasteiger partial charge >= 0.3 is 0 Å². The fourth-order valence-corrected chi connectivity index (χ4v) is 3.61. The fraction of sp³-hybridized carbons (Fsp3) is 0.286. The van der Waals surface area contributed by atoms with E-state index in [4.69, 9.17) is 5.73 Å². The van der Waals surface area contributed by atoms with Crippen molar-refractivity contribution >= 4 is 38.2 Å². The van der Waals surface area contributed by atoms with Crippen molar-refractivity contribution < 1.29 is 8.42 Å². The summed E-state index contributed by atoms with van der Waals surface area (Å²) in [5.74, 6) is 0. The molecule has 2 aromatic rings. The molecule has 6 heteroatoms. The number of thioether (sulfide) groups is 1. The molecule has 0 radical (unpaired) electrons. The van der Waals surface area contributed by atoms with Crippen molar-refractivity contribution in [1.82, 2.24) is 4.72 Å². The summed E-state index contributed by atoms with van der Waals surface area (Å²) >= 11 is 1.62. The van der Waals surface area contributed by atoms with E-state index in [-0.39, 0.29) is 10.1 Å². The molecule has 20 heavy (non-hydrogen) atoms. The van der Waals surface area contributed by atoms with Crippen molar-refractivity contribution in [3.63, 3.8) is 0 Å². The minimum atomic E-state index is -3.53. The van der Waals surface area contributed by atoms with Crippen molar-refractivity contribution in [2.75, 3.05) is 18.5 Å². The summed E-state index contributed by atoms with van der Waals surface area (Å²) in [6.45, 7) is 2.39. The number of nitrogen functional groups attached to an aromatic ring is 1. The topological polar surface area (TPSA) is 72.2 Å². The second-order valence-electron chi connectivity index (χ2n) is 4.60. The lowest BCUT2D eigenvalue weighted by Crippen LogP contribution is -2.29. The molecule has 3 N–H and O–H groups in total. The van der Waals surface area contributed by atoms with Gasteiger partial charge in [0, 0.05) is 28.3 Å². The van der Waals surface area contributed by atoms with Gasteiger partial charge in [-0.2, -0.15) is 11.8 Å². The zero-order valence-electron chi connectivity index (χ0n) is 11.5. The van der Waals surface area contributed by atoms with Gasteiger partial charge in [-0.1, -0.05) is 31.2 Å². The second-order valence-corrected chi connectivity index (χ2v) is 7.61. The number of benzene rings is 2. The fourth-order valence-electron chi connectivity index (χ4n) is 1.92. The number of anilines is 1. The van der Waals surface area contributed by atoms with Gasteiger partial charge in [0.05, 0.1) is 4.90 Å². The van der Waals surface area contributed by atoms with E-state index in [0.717, 1.165) is 5.39 Å². The Bertz CT molecular complexity index is 714. The van der Waals surface area contributed by atoms with E-state index in [9.17, 15) is 8.42 Å². The summed E-state index contributed by atoms with van der Waals surface area (Å²) in [5, 5.41) is 1.63. The lowest BCUT2D eigenvalue weighted by Gasteiger charge is -2.13. The molecule has 0 aliphatic carbocycles. The first kappa shape index (κ1) is 15.2. The average molecular weight is 310 g/mol. The summed E-state index contributed by atoms with van der Waals surface area (Å²) in [7, 11) is -3.53. The molecule has 0 fully saturated rings. The Hall–Kier alpha value is -1.24. The zero-order chi connectivity index (χ0) is 14.8. The molecule has 0 saturated carbocycles. The molecular weight excluding hydrogens is 292 g/mol. The highest BCUT2D eigenvalue weighted by Crippen LogP contribution is 2.27. The molecule has 108 valence electrons. The minimum absolute atomic E-state index is 0.227. The van der Waals surface area contributed by atoms with Crippen LogP contribution in [-0.4, -0.2) is 26.5 Å². The summed E-state index contributed by atoms with van der Waals surface area (Å²) < 4.78 is 27.5. The van der Waals surface area contributed by atoms with Crippen LogP contribution in [0.5, 0.6) is 0 Å². The van der Waals surface area contributed by atoms with Crippen LogP contribution in [0.1, 0.15) is 6.92 Å². The van der Waals surface area contributed by atoms with E-state index in [1.165, 1.54) is 0 Å². The summed E-state index contributed by atoms with van der Waals surface area (Å²) in [6, 6.07) is 10.5. The van der Waals surface area contributed by atoms with Crippen LogP contribution in [0, 0.1) is 0 Å². The van der Waals surface area contributed by atoms with Crippen LogP contribution < -0.4 is 10.5 Å². The maximum absolute atomic E-state index is 12.4. The Balaban J connectivity index is 2.45. The van der Waals surface area contributed by atoms with Crippen LogP contribution in [0.3, 0.4) is 0 Å². The highest BCUT2D eigenvalue weighted by Gasteiger charge is 2.18. The van der Waals surface area contributed by atoms with E-state index >= 15 is 0 Å². The molecule has 0 aromatic heterocycles. The van der Waals surface area contributed by atoms with E-state index in [1.54, 1.807) is 30.0 Å². The second kappa shape index (κ2) is 6.03. The third-order valence-corrected chi connectivity index (χ3v) is 5.62. The van der Waals surface area contributed by atoms with Crippen LogP contribution in [0.15, 0.2) is 41.3 Å². The predicted octanol–water partition coefficient (Wildman–Crippen LogP) is 2.45. The molecule has 2 aromatic carbocycles.